The highest BCUT2D eigenvalue weighted by molar-refractivity contribution is 7.96. The Balaban J connectivity index is 2.49. The fourth-order valence-corrected chi connectivity index (χ4v) is 3.83. The molecule has 0 aliphatic carbocycles. The molecule has 0 aliphatic heterocycles. The third kappa shape index (κ3) is 4.91. The van der Waals surface area contributed by atoms with Gasteiger partial charge >= 0.3 is 5.97 Å². The zero-order chi connectivity index (χ0) is 20.2. The molecular formula is C19H19F2NO4S. The van der Waals surface area contributed by atoms with Gasteiger partial charge < -0.3 is 10.1 Å². The van der Waals surface area contributed by atoms with E-state index in [9.17, 15) is 22.0 Å². The lowest BCUT2D eigenvalue weighted by Crippen LogP contribution is -2.18. The summed E-state index contributed by atoms with van der Waals surface area (Å²) in [5.74, 6) is -3.20. The van der Waals surface area contributed by atoms with Gasteiger partial charge in [-0.15, -0.1) is 0 Å². The molecule has 0 saturated heterocycles. The van der Waals surface area contributed by atoms with Crippen LogP contribution >= 0.6 is 0 Å². The predicted octanol–water partition coefficient (Wildman–Crippen LogP) is 3.87. The van der Waals surface area contributed by atoms with E-state index in [1.165, 1.54) is 18.2 Å². The van der Waals surface area contributed by atoms with Crippen molar-refractivity contribution in [3.05, 3.63) is 70.3 Å². The molecule has 0 fully saturated rings. The topological polar surface area (TPSA) is 72.5 Å². The van der Waals surface area contributed by atoms with Crippen LogP contribution in [0.4, 0.5) is 14.5 Å². The van der Waals surface area contributed by atoms with Crippen LogP contribution in [0.5, 0.6) is 0 Å². The molecule has 0 radical (unpaired) electrons. The largest absolute Gasteiger partial charge is 0.462 e. The van der Waals surface area contributed by atoms with Crippen molar-refractivity contribution in [2.45, 2.75) is 25.7 Å². The van der Waals surface area contributed by atoms with E-state index in [0.29, 0.717) is 11.1 Å². The van der Waals surface area contributed by atoms with Crippen LogP contribution in [0.2, 0.25) is 0 Å². The molecule has 27 heavy (non-hydrogen) atoms. The Hall–Kier alpha value is -2.74. The van der Waals surface area contributed by atoms with Crippen molar-refractivity contribution in [1.82, 2.24) is 0 Å². The van der Waals surface area contributed by atoms with E-state index < -0.39 is 32.3 Å². The molecule has 0 saturated carbocycles. The van der Waals surface area contributed by atoms with Gasteiger partial charge in [0.15, 0.2) is 16.5 Å². The number of halogens is 2. The van der Waals surface area contributed by atoms with Gasteiger partial charge in [-0.3, -0.25) is 0 Å². The molecule has 0 aliphatic rings. The van der Waals surface area contributed by atoms with Gasteiger partial charge in [0.1, 0.15) is 0 Å². The summed E-state index contributed by atoms with van der Waals surface area (Å²) in [6.07, 6.45) is 0.914. The SMILES string of the molecule is CCOC(=O)/C(=C/Nc1ccc(F)c(F)c1)S(=O)(=O)c1cc(C)cc(C)c1. The molecular weight excluding hydrogens is 376 g/mol. The van der Waals surface area contributed by atoms with Crippen LogP contribution in [0.1, 0.15) is 18.1 Å². The molecule has 5 nitrogen and oxygen atoms in total. The monoisotopic (exact) mass is 395 g/mol. The summed E-state index contributed by atoms with van der Waals surface area (Å²) in [7, 11) is -4.20. The first-order valence-electron chi connectivity index (χ1n) is 8.07. The quantitative estimate of drug-likeness (QED) is 0.594. The van der Waals surface area contributed by atoms with E-state index in [1.807, 2.05) is 0 Å². The van der Waals surface area contributed by atoms with Crippen molar-refractivity contribution in [3.8, 4) is 0 Å². The number of hydrogen-bond acceptors (Lipinski definition) is 5. The number of carbonyl (C=O) groups is 1. The van der Waals surface area contributed by atoms with Crippen LogP contribution in [0, 0.1) is 25.5 Å². The molecule has 1 N–H and O–H groups in total. The van der Waals surface area contributed by atoms with E-state index in [4.69, 9.17) is 4.74 Å². The van der Waals surface area contributed by atoms with Gasteiger partial charge in [-0.25, -0.2) is 22.0 Å². The zero-order valence-corrected chi connectivity index (χ0v) is 15.9. The smallest absolute Gasteiger partial charge is 0.351 e. The van der Waals surface area contributed by atoms with E-state index in [-0.39, 0.29) is 17.2 Å². The lowest BCUT2D eigenvalue weighted by atomic mass is 10.2. The third-order valence-electron chi connectivity index (χ3n) is 3.56. The Morgan fingerprint density at radius 3 is 2.26 bits per heavy atom. The fraction of sp³-hybridized carbons (Fsp3) is 0.211. The minimum absolute atomic E-state index is 0.0241. The minimum Gasteiger partial charge on any atom is -0.462 e. The molecule has 0 atom stereocenters. The van der Waals surface area contributed by atoms with Gasteiger partial charge in [-0.1, -0.05) is 6.07 Å². The number of sulfone groups is 1. The van der Waals surface area contributed by atoms with E-state index in [0.717, 1.165) is 18.3 Å². The van der Waals surface area contributed by atoms with E-state index in [1.54, 1.807) is 26.8 Å². The normalized spacial score (nSPS) is 12.0. The Morgan fingerprint density at radius 2 is 1.70 bits per heavy atom. The van der Waals surface area contributed by atoms with Gasteiger partial charge in [0, 0.05) is 18.0 Å². The summed E-state index contributed by atoms with van der Waals surface area (Å²) < 4.78 is 57.1. The molecule has 2 aromatic rings. The molecule has 0 bridgehead atoms. The van der Waals surface area contributed by atoms with Crippen LogP contribution in [-0.4, -0.2) is 21.0 Å². The van der Waals surface area contributed by atoms with Gasteiger partial charge in [0.2, 0.25) is 9.84 Å². The first-order valence-corrected chi connectivity index (χ1v) is 9.55. The number of aryl methyl sites for hydroxylation is 2. The Bertz CT molecular complexity index is 981. The summed E-state index contributed by atoms with van der Waals surface area (Å²) in [4.78, 5) is 11.5. The van der Waals surface area contributed by atoms with Crippen molar-refractivity contribution in [2.24, 2.45) is 0 Å². The first kappa shape index (κ1) is 20.6. The highest BCUT2D eigenvalue weighted by Gasteiger charge is 2.29. The van der Waals surface area contributed by atoms with Crippen LogP contribution in [0.25, 0.3) is 0 Å². The van der Waals surface area contributed by atoms with Gasteiger partial charge in [-0.05, 0) is 56.2 Å². The average Bonchev–Trinajstić information content (AvgIpc) is 2.57. The number of rotatable bonds is 6. The number of carbonyl (C=O) groups excluding carboxylic acids is 1. The summed E-state index contributed by atoms with van der Waals surface area (Å²) in [5.41, 5.74) is 1.50. The average molecular weight is 395 g/mol. The maximum atomic E-state index is 13.3. The third-order valence-corrected chi connectivity index (χ3v) is 5.28. The Morgan fingerprint density at radius 1 is 1.07 bits per heavy atom. The number of esters is 1. The van der Waals surface area contributed by atoms with Gasteiger partial charge in [-0.2, -0.15) is 0 Å². The standard InChI is InChI=1S/C19H19F2NO4S/c1-4-26-19(23)18(11-22-14-5-6-16(20)17(21)10-14)27(24,25)15-8-12(2)7-13(3)9-15/h5-11,22H,4H2,1-3H3/b18-11-. The van der Waals surface area contributed by atoms with E-state index in [2.05, 4.69) is 5.32 Å². The van der Waals surface area contributed by atoms with Crippen molar-refractivity contribution >= 4 is 21.5 Å². The molecule has 144 valence electrons. The van der Waals surface area contributed by atoms with E-state index >= 15 is 0 Å². The molecule has 0 amide bonds. The lowest BCUT2D eigenvalue weighted by molar-refractivity contribution is -0.137. The maximum Gasteiger partial charge on any atom is 0.351 e. The number of anilines is 1. The summed E-state index contributed by atoms with van der Waals surface area (Å²) >= 11 is 0. The van der Waals surface area contributed by atoms with Crippen LogP contribution in [0.15, 0.2) is 52.4 Å². The summed E-state index contributed by atoms with van der Waals surface area (Å²) in [5, 5.41) is 2.51. The second kappa shape index (κ2) is 8.30. The molecule has 0 heterocycles. The number of nitrogens with one attached hydrogen (secondary N) is 1. The highest BCUT2D eigenvalue weighted by Crippen LogP contribution is 2.23. The molecule has 8 heteroatoms. The van der Waals surface area contributed by atoms with Crippen molar-refractivity contribution in [2.75, 3.05) is 11.9 Å². The number of ether oxygens (including phenoxy) is 1. The highest BCUT2D eigenvalue weighted by atomic mass is 32.2. The lowest BCUT2D eigenvalue weighted by Gasteiger charge is -2.11. The van der Waals surface area contributed by atoms with Gasteiger partial charge in [0.25, 0.3) is 0 Å². The Labute approximate surface area is 156 Å². The fourth-order valence-electron chi connectivity index (χ4n) is 2.40. The molecule has 0 spiro atoms. The van der Waals surface area contributed by atoms with Crippen LogP contribution < -0.4 is 5.32 Å². The summed E-state index contributed by atoms with van der Waals surface area (Å²) in [6, 6.07) is 7.61. The molecule has 2 aromatic carbocycles. The summed E-state index contributed by atoms with van der Waals surface area (Å²) in [6.45, 7) is 4.99. The second-order valence-electron chi connectivity index (χ2n) is 5.83. The van der Waals surface area contributed by atoms with Gasteiger partial charge in [0.05, 0.1) is 11.5 Å². The predicted molar refractivity (Wildman–Crippen MR) is 97.8 cm³/mol. The maximum absolute atomic E-state index is 13.3. The van der Waals surface area contributed by atoms with Crippen LogP contribution in [-0.2, 0) is 19.4 Å². The van der Waals surface area contributed by atoms with Crippen molar-refractivity contribution in [3.63, 3.8) is 0 Å². The molecule has 0 aromatic heterocycles. The van der Waals surface area contributed by atoms with Crippen molar-refractivity contribution < 1.29 is 26.7 Å². The van der Waals surface area contributed by atoms with Crippen LogP contribution in [0.3, 0.4) is 0 Å². The Kier molecular flexibility index (Phi) is 6.32. The van der Waals surface area contributed by atoms with Crippen molar-refractivity contribution in [1.29, 1.82) is 0 Å². The number of benzene rings is 2. The second-order valence-corrected chi connectivity index (χ2v) is 7.75. The molecule has 0 unspecified atom stereocenters. The zero-order valence-electron chi connectivity index (χ0n) is 15.0. The first-order chi connectivity index (χ1) is 12.6. The minimum atomic E-state index is -4.20. The molecule has 2 rings (SSSR count). The number of hydrogen-bond donors (Lipinski definition) is 1.